The summed E-state index contributed by atoms with van der Waals surface area (Å²) >= 11 is 0. The van der Waals surface area contributed by atoms with Crippen LogP contribution in [0.4, 0.5) is 17.1 Å². The average molecular weight is 321 g/mol. The summed E-state index contributed by atoms with van der Waals surface area (Å²) in [5.41, 5.74) is 4.07. The molecule has 0 aliphatic carbocycles. The molecular formula is C19H19N3O2. The van der Waals surface area contributed by atoms with E-state index in [9.17, 15) is 9.59 Å². The first-order chi connectivity index (χ1) is 11.6. The zero-order chi connectivity index (χ0) is 16.7. The number of nitrogens with one attached hydrogen (secondary N) is 2. The fourth-order valence-electron chi connectivity index (χ4n) is 3.48. The summed E-state index contributed by atoms with van der Waals surface area (Å²) in [4.78, 5) is 26.9. The van der Waals surface area contributed by atoms with E-state index < -0.39 is 0 Å². The van der Waals surface area contributed by atoms with Crippen molar-refractivity contribution >= 4 is 28.9 Å². The Morgan fingerprint density at radius 2 is 2.08 bits per heavy atom. The van der Waals surface area contributed by atoms with Crippen molar-refractivity contribution in [2.75, 3.05) is 22.1 Å². The summed E-state index contributed by atoms with van der Waals surface area (Å²) in [5.74, 6) is -0.152. The number of amides is 2. The zero-order valence-electron chi connectivity index (χ0n) is 13.5. The standard InChI is InChI=1S/C19H19N3O2/c1-12-5-2-3-6-14(12)20-18(23)13-8-9-16-15(11-13)21-19(24)17-7-4-10-22(16)17/h2-3,5-6,8-9,11,17H,4,7,10H2,1H3,(H,20,23)(H,21,24). The van der Waals surface area contributed by atoms with Gasteiger partial charge in [0.05, 0.1) is 11.4 Å². The van der Waals surface area contributed by atoms with E-state index in [0.717, 1.165) is 42.0 Å². The van der Waals surface area contributed by atoms with Crippen LogP contribution in [0, 0.1) is 6.92 Å². The summed E-state index contributed by atoms with van der Waals surface area (Å²) in [6.45, 7) is 2.84. The molecule has 0 aromatic heterocycles. The third-order valence-electron chi connectivity index (χ3n) is 4.77. The predicted octanol–water partition coefficient (Wildman–Crippen LogP) is 3.17. The second-order valence-electron chi connectivity index (χ2n) is 6.34. The van der Waals surface area contributed by atoms with Gasteiger partial charge in [-0.2, -0.15) is 0 Å². The van der Waals surface area contributed by atoms with Crippen LogP contribution in [0.1, 0.15) is 28.8 Å². The van der Waals surface area contributed by atoms with E-state index in [1.54, 1.807) is 6.07 Å². The molecule has 0 radical (unpaired) electrons. The Labute approximate surface area is 140 Å². The van der Waals surface area contributed by atoms with Gasteiger partial charge >= 0.3 is 0 Å². The quantitative estimate of drug-likeness (QED) is 0.893. The minimum atomic E-state index is -0.176. The highest BCUT2D eigenvalue weighted by Gasteiger charge is 2.36. The lowest BCUT2D eigenvalue weighted by Crippen LogP contribution is -2.43. The van der Waals surface area contributed by atoms with Crippen molar-refractivity contribution in [2.45, 2.75) is 25.8 Å². The van der Waals surface area contributed by atoms with Crippen LogP contribution in [-0.4, -0.2) is 24.4 Å². The summed E-state index contributed by atoms with van der Waals surface area (Å²) in [5, 5.41) is 5.87. The highest BCUT2D eigenvalue weighted by atomic mass is 16.2. The van der Waals surface area contributed by atoms with Crippen LogP contribution in [0.25, 0.3) is 0 Å². The van der Waals surface area contributed by atoms with Crippen molar-refractivity contribution in [3.63, 3.8) is 0 Å². The van der Waals surface area contributed by atoms with Gasteiger partial charge in [-0.25, -0.2) is 0 Å². The number of carbonyl (C=O) groups excluding carboxylic acids is 2. The molecule has 2 aliphatic rings. The Balaban J connectivity index is 1.62. The Morgan fingerprint density at radius 1 is 1.25 bits per heavy atom. The second kappa shape index (κ2) is 5.67. The molecule has 2 aromatic carbocycles. The number of hydrogen-bond donors (Lipinski definition) is 2. The molecule has 122 valence electrons. The van der Waals surface area contributed by atoms with E-state index in [2.05, 4.69) is 15.5 Å². The van der Waals surface area contributed by atoms with E-state index in [0.29, 0.717) is 5.56 Å². The Kier molecular flexibility index (Phi) is 3.49. The topological polar surface area (TPSA) is 61.4 Å². The van der Waals surface area contributed by atoms with Crippen LogP contribution in [0.15, 0.2) is 42.5 Å². The van der Waals surface area contributed by atoms with Gasteiger partial charge in [-0.1, -0.05) is 18.2 Å². The normalized spacial score (nSPS) is 18.6. The SMILES string of the molecule is Cc1ccccc1NC(=O)c1ccc2c(c1)NC(=O)C1CCCN21. The lowest BCUT2D eigenvalue weighted by Gasteiger charge is -2.33. The van der Waals surface area contributed by atoms with Gasteiger partial charge < -0.3 is 15.5 Å². The number of hydrogen-bond acceptors (Lipinski definition) is 3. The molecule has 1 saturated heterocycles. The maximum Gasteiger partial charge on any atom is 0.255 e. The maximum absolute atomic E-state index is 12.5. The van der Waals surface area contributed by atoms with E-state index in [1.165, 1.54) is 0 Å². The molecule has 0 spiro atoms. The summed E-state index contributed by atoms with van der Waals surface area (Å²) < 4.78 is 0. The van der Waals surface area contributed by atoms with Crippen molar-refractivity contribution in [3.8, 4) is 0 Å². The molecule has 2 aromatic rings. The van der Waals surface area contributed by atoms with Gasteiger partial charge in [-0.3, -0.25) is 9.59 Å². The van der Waals surface area contributed by atoms with Crippen LogP contribution >= 0.6 is 0 Å². The number of nitrogens with zero attached hydrogens (tertiary/aromatic N) is 1. The minimum absolute atomic E-state index is 0.0245. The van der Waals surface area contributed by atoms with Gasteiger partial charge in [0.25, 0.3) is 5.91 Å². The molecule has 2 heterocycles. The number of fused-ring (bicyclic) bond motifs is 3. The lowest BCUT2D eigenvalue weighted by atomic mass is 10.1. The highest BCUT2D eigenvalue weighted by Crippen LogP contribution is 2.37. The number of aryl methyl sites for hydroxylation is 1. The largest absolute Gasteiger partial charge is 0.358 e. The first-order valence-corrected chi connectivity index (χ1v) is 8.22. The predicted molar refractivity (Wildman–Crippen MR) is 94.6 cm³/mol. The van der Waals surface area contributed by atoms with Gasteiger partial charge in [0.15, 0.2) is 0 Å². The van der Waals surface area contributed by atoms with E-state index in [-0.39, 0.29) is 17.9 Å². The second-order valence-corrected chi connectivity index (χ2v) is 6.34. The van der Waals surface area contributed by atoms with Crippen LogP contribution in [0.3, 0.4) is 0 Å². The van der Waals surface area contributed by atoms with Crippen LogP contribution in [0.2, 0.25) is 0 Å². The van der Waals surface area contributed by atoms with Crippen molar-refractivity contribution in [2.24, 2.45) is 0 Å². The lowest BCUT2D eigenvalue weighted by molar-refractivity contribution is -0.117. The van der Waals surface area contributed by atoms with Crippen LogP contribution < -0.4 is 15.5 Å². The molecule has 2 N–H and O–H groups in total. The molecule has 1 unspecified atom stereocenters. The van der Waals surface area contributed by atoms with Gasteiger partial charge in [0, 0.05) is 17.8 Å². The van der Waals surface area contributed by atoms with Crippen molar-refractivity contribution < 1.29 is 9.59 Å². The van der Waals surface area contributed by atoms with Gasteiger partial charge in [0.2, 0.25) is 5.91 Å². The van der Waals surface area contributed by atoms with Gasteiger partial charge in [-0.15, -0.1) is 0 Å². The molecule has 1 fully saturated rings. The third-order valence-corrected chi connectivity index (χ3v) is 4.77. The zero-order valence-corrected chi connectivity index (χ0v) is 13.5. The third kappa shape index (κ3) is 2.42. The molecule has 5 heteroatoms. The summed E-state index contributed by atoms with van der Waals surface area (Å²) in [6.07, 6.45) is 1.91. The van der Waals surface area contributed by atoms with Crippen molar-refractivity contribution in [3.05, 3.63) is 53.6 Å². The molecule has 0 saturated carbocycles. The van der Waals surface area contributed by atoms with Crippen molar-refractivity contribution in [1.29, 1.82) is 0 Å². The molecule has 4 rings (SSSR count). The van der Waals surface area contributed by atoms with E-state index >= 15 is 0 Å². The number of anilines is 3. The molecule has 2 aliphatic heterocycles. The molecule has 5 nitrogen and oxygen atoms in total. The summed E-state index contributed by atoms with van der Waals surface area (Å²) in [6, 6.07) is 13.1. The minimum Gasteiger partial charge on any atom is -0.358 e. The maximum atomic E-state index is 12.5. The molecule has 24 heavy (non-hydrogen) atoms. The number of benzene rings is 2. The highest BCUT2D eigenvalue weighted by molar-refractivity contribution is 6.09. The van der Waals surface area contributed by atoms with Crippen LogP contribution in [0.5, 0.6) is 0 Å². The Bertz CT molecular complexity index is 831. The number of carbonyl (C=O) groups is 2. The smallest absolute Gasteiger partial charge is 0.255 e. The number of rotatable bonds is 2. The first-order valence-electron chi connectivity index (χ1n) is 8.22. The van der Waals surface area contributed by atoms with Gasteiger partial charge in [-0.05, 0) is 49.6 Å². The van der Waals surface area contributed by atoms with Crippen LogP contribution in [-0.2, 0) is 4.79 Å². The Hall–Kier alpha value is -2.82. The van der Waals surface area contributed by atoms with Gasteiger partial charge in [0.1, 0.15) is 6.04 Å². The van der Waals surface area contributed by atoms with E-state index in [4.69, 9.17) is 0 Å². The van der Waals surface area contributed by atoms with Crippen molar-refractivity contribution in [1.82, 2.24) is 0 Å². The number of para-hydroxylation sites is 1. The molecule has 2 amide bonds. The fourth-order valence-corrected chi connectivity index (χ4v) is 3.48. The fraction of sp³-hybridized carbons (Fsp3) is 0.263. The average Bonchev–Trinajstić information content (AvgIpc) is 3.07. The summed E-state index contributed by atoms with van der Waals surface area (Å²) in [7, 11) is 0. The molecule has 1 atom stereocenters. The first kappa shape index (κ1) is 14.8. The molecule has 0 bridgehead atoms. The van der Waals surface area contributed by atoms with E-state index in [1.807, 2.05) is 43.3 Å². The monoisotopic (exact) mass is 321 g/mol. The Morgan fingerprint density at radius 3 is 2.92 bits per heavy atom. The molecular weight excluding hydrogens is 302 g/mol.